The fraction of sp³-hybridized carbons (Fsp3) is 0.571. The summed E-state index contributed by atoms with van der Waals surface area (Å²) in [6.45, 7) is 4.83. The number of methoxy groups -OCH3 is 1. The molecule has 5 heteroatoms. The largest absolute Gasteiger partial charge is 0.489 e. The lowest BCUT2D eigenvalue weighted by Crippen LogP contribution is -2.49. The minimum absolute atomic E-state index is 0.0501. The molecule has 0 fully saturated rings. The summed E-state index contributed by atoms with van der Waals surface area (Å²) in [5.41, 5.74) is 2.83. The molecule has 108 valence electrons. The van der Waals surface area contributed by atoms with E-state index < -0.39 is 0 Å². The minimum Gasteiger partial charge on any atom is -0.489 e. The number of nitrogens with two attached hydrogens (primary N) is 1. The molecule has 0 aliphatic carbocycles. The standard InChI is InChI=1S/C14H23ClN2O2/c1-10(7-8-18-3)14(17-16)11(2)19-13-6-4-5-12(15)9-13/h4-6,9-11,14,17H,7-8,16H2,1-3H3. The van der Waals surface area contributed by atoms with Crippen LogP contribution in [0, 0.1) is 5.92 Å². The van der Waals surface area contributed by atoms with Crippen LogP contribution in [0.1, 0.15) is 20.3 Å². The topological polar surface area (TPSA) is 56.5 Å². The van der Waals surface area contributed by atoms with Crippen LogP contribution in [0.25, 0.3) is 0 Å². The summed E-state index contributed by atoms with van der Waals surface area (Å²) in [4.78, 5) is 0. The predicted molar refractivity (Wildman–Crippen MR) is 78.3 cm³/mol. The van der Waals surface area contributed by atoms with E-state index in [9.17, 15) is 0 Å². The van der Waals surface area contributed by atoms with Crippen molar-refractivity contribution in [1.29, 1.82) is 0 Å². The Kier molecular flexibility index (Phi) is 7.16. The molecule has 0 aliphatic heterocycles. The first-order valence-electron chi connectivity index (χ1n) is 6.45. The Morgan fingerprint density at radius 3 is 2.68 bits per heavy atom. The SMILES string of the molecule is COCCC(C)C(NN)C(C)Oc1cccc(Cl)c1. The van der Waals surface area contributed by atoms with Crippen molar-refractivity contribution in [3.63, 3.8) is 0 Å². The van der Waals surface area contributed by atoms with Gasteiger partial charge >= 0.3 is 0 Å². The third-order valence-corrected chi connectivity index (χ3v) is 3.44. The van der Waals surface area contributed by atoms with Gasteiger partial charge in [0.1, 0.15) is 11.9 Å². The Labute approximate surface area is 120 Å². The smallest absolute Gasteiger partial charge is 0.121 e. The van der Waals surface area contributed by atoms with Gasteiger partial charge < -0.3 is 9.47 Å². The highest BCUT2D eigenvalue weighted by Gasteiger charge is 2.23. The number of benzene rings is 1. The van der Waals surface area contributed by atoms with Gasteiger partial charge in [-0.1, -0.05) is 24.6 Å². The van der Waals surface area contributed by atoms with Gasteiger partial charge in [0, 0.05) is 18.7 Å². The highest BCUT2D eigenvalue weighted by Crippen LogP contribution is 2.21. The van der Waals surface area contributed by atoms with Crippen molar-refractivity contribution >= 4 is 11.6 Å². The first-order valence-corrected chi connectivity index (χ1v) is 6.83. The molecule has 1 aromatic rings. The molecule has 4 nitrogen and oxygen atoms in total. The molecule has 0 saturated heterocycles. The van der Waals surface area contributed by atoms with Crippen LogP contribution in [0.15, 0.2) is 24.3 Å². The molecule has 3 atom stereocenters. The van der Waals surface area contributed by atoms with Crippen LogP contribution in [-0.4, -0.2) is 25.9 Å². The second-order valence-corrected chi connectivity index (χ2v) is 5.17. The van der Waals surface area contributed by atoms with Crippen LogP contribution >= 0.6 is 11.6 Å². The molecule has 0 radical (unpaired) electrons. The Morgan fingerprint density at radius 2 is 2.11 bits per heavy atom. The second kappa shape index (κ2) is 8.38. The lowest BCUT2D eigenvalue weighted by Gasteiger charge is -2.29. The number of ether oxygens (including phenoxy) is 2. The lowest BCUT2D eigenvalue weighted by atomic mass is 9.95. The molecule has 3 unspecified atom stereocenters. The van der Waals surface area contributed by atoms with Crippen molar-refractivity contribution in [1.82, 2.24) is 5.43 Å². The maximum atomic E-state index is 5.94. The van der Waals surface area contributed by atoms with E-state index in [-0.39, 0.29) is 12.1 Å². The fourth-order valence-corrected chi connectivity index (χ4v) is 2.25. The maximum absolute atomic E-state index is 5.94. The molecular weight excluding hydrogens is 264 g/mol. The average Bonchev–Trinajstić information content (AvgIpc) is 2.37. The van der Waals surface area contributed by atoms with Crippen molar-refractivity contribution in [2.24, 2.45) is 11.8 Å². The lowest BCUT2D eigenvalue weighted by molar-refractivity contribution is 0.115. The van der Waals surface area contributed by atoms with Crippen molar-refractivity contribution in [2.45, 2.75) is 32.4 Å². The number of halogens is 1. The van der Waals surface area contributed by atoms with Crippen molar-refractivity contribution in [3.8, 4) is 5.75 Å². The first-order chi connectivity index (χ1) is 9.08. The summed E-state index contributed by atoms with van der Waals surface area (Å²) < 4.78 is 11.0. The Hall–Kier alpha value is -0.810. The molecule has 0 aromatic heterocycles. The van der Waals surface area contributed by atoms with Crippen molar-refractivity contribution < 1.29 is 9.47 Å². The zero-order valence-corrected chi connectivity index (χ0v) is 12.5. The van der Waals surface area contributed by atoms with Gasteiger partial charge in [0.25, 0.3) is 0 Å². The molecule has 0 bridgehead atoms. The molecular formula is C14H23ClN2O2. The Balaban J connectivity index is 2.60. The van der Waals surface area contributed by atoms with Gasteiger partial charge in [-0.3, -0.25) is 11.3 Å². The second-order valence-electron chi connectivity index (χ2n) is 4.73. The summed E-state index contributed by atoms with van der Waals surface area (Å²) >= 11 is 5.94. The van der Waals surface area contributed by atoms with Crippen LogP contribution in [0.2, 0.25) is 5.02 Å². The van der Waals surface area contributed by atoms with E-state index in [0.29, 0.717) is 17.5 Å². The van der Waals surface area contributed by atoms with Gasteiger partial charge in [-0.25, -0.2) is 0 Å². The number of rotatable bonds is 8. The van der Waals surface area contributed by atoms with Crippen LogP contribution < -0.4 is 16.0 Å². The molecule has 0 heterocycles. The van der Waals surface area contributed by atoms with Gasteiger partial charge in [-0.15, -0.1) is 0 Å². The van der Waals surface area contributed by atoms with E-state index in [1.54, 1.807) is 13.2 Å². The Bertz CT molecular complexity index is 376. The van der Waals surface area contributed by atoms with E-state index in [0.717, 1.165) is 12.2 Å². The molecule has 0 aliphatic rings. The number of hydrogen-bond donors (Lipinski definition) is 2. The van der Waals surface area contributed by atoms with Crippen LogP contribution in [0.4, 0.5) is 0 Å². The minimum atomic E-state index is -0.0599. The summed E-state index contributed by atoms with van der Waals surface area (Å²) in [5, 5.41) is 0.661. The summed E-state index contributed by atoms with van der Waals surface area (Å²) in [6.07, 6.45) is 0.865. The fourth-order valence-electron chi connectivity index (χ4n) is 2.07. The van der Waals surface area contributed by atoms with Gasteiger partial charge in [0.2, 0.25) is 0 Å². The van der Waals surface area contributed by atoms with Crippen molar-refractivity contribution in [2.75, 3.05) is 13.7 Å². The van der Waals surface area contributed by atoms with Gasteiger partial charge in [-0.2, -0.15) is 0 Å². The van der Waals surface area contributed by atoms with E-state index in [1.165, 1.54) is 0 Å². The maximum Gasteiger partial charge on any atom is 0.121 e. The summed E-state index contributed by atoms with van der Waals surface area (Å²) in [6, 6.07) is 7.42. The molecule has 3 N–H and O–H groups in total. The summed E-state index contributed by atoms with van der Waals surface area (Å²) in [5.74, 6) is 6.73. The first kappa shape index (κ1) is 16.2. The number of hydrogen-bond acceptors (Lipinski definition) is 4. The quantitative estimate of drug-likeness (QED) is 0.570. The molecule has 0 amide bonds. The number of hydrazine groups is 1. The number of nitrogens with one attached hydrogen (secondary N) is 1. The molecule has 19 heavy (non-hydrogen) atoms. The monoisotopic (exact) mass is 286 g/mol. The summed E-state index contributed by atoms with van der Waals surface area (Å²) in [7, 11) is 1.70. The molecule has 1 rings (SSSR count). The highest BCUT2D eigenvalue weighted by molar-refractivity contribution is 6.30. The highest BCUT2D eigenvalue weighted by atomic mass is 35.5. The zero-order chi connectivity index (χ0) is 14.3. The van der Waals surface area contributed by atoms with Crippen molar-refractivity contribution in [3.05, 3.63) is 29.3 Å². The third kappa shape index (κ3) is 5.37. The Morgan fingerprint density at radius 1 is 1.37 bits per heavy atom. The predicted octanol–water partition coefficient (Wildman–Crippen LogP) is 2.61. The average molecular weight is 287 g/mol. The van der Waals surface area contributed by atoms with Crippen LogP contribution in [0.3, 0.4) is 0 Å². The van der Waals surface area contributed by atoms with E-state index in [1.807, 2.05) is 25.1 Å². The van der Waals surface area contributed by atoms with E-state index >= 15 is 0 Å². The van der Waals surface area contributed by atoms with Crippen LogP contribution in [-0.2, 0) is 4.74 Å². The molecule has 0 saturated carbocycles. The molecule has 0 spiro atoms. The van der Waals surface area contributed by atoms with Crippen LogP contribution in [0.5, 0.6) is 5.75 Å². The van der Waals surface area contributed by atoms with E-state index in [4.69, 9.17) is 26.9 Å². The van der Waals surface area contributed by atoms with E-state index in [2.05, 4.69) is 12.3 Å². The normalized spacial score (nSPS) is 15.8. The van der Waals surface area contributed by atoms with Gasteiger partial charge in [-0.05, 0) is 37.5 Å². The zero-order valence-electron chi connectivity index (χ0n) is 11.7. The van der Waals surface area contributed by atoms with Gasteiger partial charge in [0.05, 0.1) is 6.04 Å². The van der Waals surface area contributed by atoms with Gasteiger partial charge in [0.15, 0.2) is 0 Å². The third-order valence-electron chi connectivity index (χ3n) is 3.21. The molecule has 1 aromatic carbocycles.